The van der Waals surface area contributed by atoms with E-state index in [0.717, 1.165) is 18.0 Å². The van der Waals surface area contributed by atoms with Crippen molar-refractivity contribution in [3.8, 4) is 11.5 Å². The Hall–Kier alpha value is -1.52. The molecule has 0 amide bonds. The van der Waals surface area contributed by atoms with E-state index in [0.29, 0.717) is 6.04 Å². The van der Waals surface area contributed by atoms with Crippen LogP contribution in [0.15, 0.2) is 35.7 Å². The van der Waals surface area contributed by atoms with Crippen LogP contribution in [0.5, 0.6) is 11.5 Å². The van der Waals surface area contributed by atoms with Crippen LogP contribution in [-0.2, 0) is 6.54 Å². The first-order chi connectivity index (χ1) is 10.1. The molecule has 0 aliphatic heterocycles. The molecule has 0 radical (unpaired) electrons. The van der Waals surface area contributed by atoms with Crippen LogP contribution in [0.2, 0.25) is 0 Å². The van der Waals surface area contributed by atoms with Gasteiger partial charge in [0.05, 0.1) is 13.2 Å². The van der Waals surface area contributed by atoms with Gasteiger partial charge in [-0.05, 0) is 49.9 Å². The normalized spacial score (nSPS) is 12.4. The Morgan fingerprint density at radius 1 is 1.14 bits per heavy atom. The molecule has 0 bridgehead atoms. The van der Waals surface area contributed by atoms with Crippen molar-refractivity contribution < 1.29 is 9.47 Å². The highest BCUT2D eigenvalue weighted by Crippen LogP contribution is 2.29. The molecule has 1 aromatic heterocycles. The number of ether oxygens (including phenoxy) is 2. The summed E-state index contributed by atoms with van der Waals surface area (Å²) < 4.78 is 11.1. The largest absolute Gasteiger partial charge is 0.493 e. The fourth-order valence-electron chi connectivity index (χ4n) is 2.08. The predicted molar refractivity (Wildman–Crippen MR) is 88.3 cm³/mol. The van der Waals surface area contributed by atoms with Crippen LogP contribution in [0, 0.1) is 0 Å². The zero-order valence-electron chi connectivity index (χ0n) is 13.1. The Balaban J connectivity index is 2.00. The zero-order valence-corrected chi connectivity index (χ0v) is 13.9. The molecule has 0 saturated carbocycles. The molecule has 1 aromatic carbocycles. The van der Waals surface area contributed by atoms with Gasteiger partial charge < -0.3 is 14.8 Å². The van der Waals surface area contributed by atoms with Crippen LogP contribution in [0.3, 0.4) is 0 Å². The van der Waals surface area contributed by atoms with Gasteiger partial charge in [-0.2, -0.15) is 0 Å². The van der Waals surface area contributed by atoms with E-state index in [4.69, 9.17) is 9.47 Å². The number of methoxy groups -OCH3 is 1. The second-order valence-corrected chi connectivity index (χ2v) is 6.25. The van der Waals surface area contributed by atoms with Gasteiger partial charge in [0.25, 0.3) is 0 Å². The van der Waals surface area contributed by atoms with Crippen molar-refractivity contribution in [1.82, 2.24) is 5.32 Å². The van der Waals surface area contributed by atoms with E-state index in [2.05, 4.69) is 35.8 Å². The Labute approximate surface area is 130 Å². The van der Waals surface area contributed by atoms with Crippen LogP contribution in [0.25, 0.3) is 0 Å². The van der Waals surface area contributed by atoms with E-state index in [9.17, 15) is 0 Å². The molecule has 0 spiro atoms. The molecule has 1 atom stereocenters. The minimum atomic E-state index is 0.140. The summed E-state index contributed by atoms with van der Waals surface area (Å²) in [5.74, 6) is 1.58. The number of thiophene rings is 1. The number of hydrogen-bond acceptors (Lipinski definition) is 4. The lowest BCUT2D eigenvalue weighted by Gasteiger charge is -2.16. The van der Waals surface area contributed by atoms with E-state index < -0.39 is 0 Å². The fourth-order valence-corrected chi connectivity index (χ4v) is 2.84. The van der Waals surface area contributed by atoms with E-state index in [-0.39, 0.29) is 6.10 Å². The minimum absolute atomic E-state index is 0.140. The third kappa shape index (κ3) is 4.48. The van der Waals surface area contributed by atoms with E-state index in [1.807, 2.05) is 26.0 Å². The number of rotatable bonds is 7. The number of hydrogen-bond donors (Lipinski definition) is 1. The summed E-state index contributed by atoms with van der Waals surface area (Å²) in [7, 11) is 1.67. The standard InChI is InChI=1S/C17H23NO2S/c1-12(2)20-15-8-7-14(10-16(15)19-4)11-18-13(3)17-6-5-9-21-17/h5-10,12-13,18H,11H2,1-4H3. The summed E-state index contributed by atoms with van der Waals surface area (Å²) in [5, 5.41) is 5.63. The maximum atomic E-state index is 5.73. The third-order valence-corrected chi connectivity index (χ3v) is 4.23. The predicted octanol–water partition coefficient (Wildman–Crippen LogP) is 4.39. The van der Waals surface area contributed by atoms with Crippen LogP contribution in [-0.4, -0.2) is 13.2 Å². The van der Waals surface area contributed by atoms with Gasteiger partial charge >= 0.3 is 0 Å². The Morgan fingerprint density at radius 3 is 2.57 bits per heavy atom. The molecule has 1 heterocycles. The van der Waals surface area contributed by atoms with E-state index in [1.54, 1.807) is 18.4 Å². The van der Waals surface area contributed by atoms with Crippen molar-refractivity contribution in [2.24, 2.45) is 0 Å². The monoisotopic (exact) mass is 305 g/mol. The van der Waals surface area contributed by atoms with Crippen LogP contribution >= 0.6 is 11.3 Å². The molecule has 0 fully saturated rings. The van der Waals surface area contributed by atoms with E-state index in [1.165, 1.54) is 10.4 Å². The fraction of sp³-hybridized carbons (Fsp3) is 0.412. The third-order valence-electron chi connectivity index (χ3n) is 3.17. The van der Waals surface area contributed by atoms with Crippen molar-refractivity contribution in [3.63, 3.8) is 0 Å². The Morgan fingerprint density at radius 2 is 1.95 bits per heavy atom. The minimum Gasteiger partial charge on any atom is -0.493 e. The van der Waals surface area contributed by atoms with E-state index >= 15 is 0 Å². The van der Waals surface area contributed by atoms with Crippen LogP contribution < -0.4 is 14.8 Å². The lowest BCUT2D eigenvalue weighted by molar-refractivity contribution is 0.230. The smallest absolute Gasteiger partial charge is 0.161 e. The van der Waals surface area contributed by atoms with Gasteiger partial charge in [0.15, 0.2) is 11.5 Å². The van der Waals surface area contributed by atoms with Crippen molar-refractivity contribution in [1.29, 1.82) is 0 Å². The van der Waals surface area contributed by atoms with Gasteiger partial charge in [0.2, 0.25) is 0 Å². The highest BCUT2D eigenvalue weighted by Gasteiger charge is 2.09. The van der Waals surface area contributed by atoms with Gasteiger partial charge in [-0.3, -0.25) is 0 Å². The van der Waals surface area contributed by atoms with Gasteiger partial charge in [0.1, 0.15) is 0 Å². The molecule has 21 heavy (non-hydrogen) atoms. The topological polar surface area (TPSA) is 30.5 Å². The summed E-state index contributed by atoms with van der Waals surface area (Å²) >= 11 is 1.78. The summed E-state index contributed by atoms with van der Waals surface area (Å²) in [6, 6.07) is 10.7. The molecule has 2 aromatic rings. The zero-order chi connectivity index (χ0) is 15.2. The van der Waals surface area contributed by atoms with Crippen LogP contribution in [0.4, 0.5) is 0 Å². The molecular weight excluding hydrogens is 282 g/mol. The van der Waals surface area contributed by atoms with Crippen molar-refractivity contribution in [2.45, 2.75) is 39.5 Å². The first-order valence-electron chi connectivity index (χ1n) is 7.20. The molecule has 0 aliphatic carbocycles. The van der Waals surface area contributed by atoms with Crippen LogP contribution in [0.1, 0.15) is 37.3 Å². The number of nitrogens with one attached hydrogen (secondary N) is 1. The Kier molecular flexibility index (Phi) is 5.65. The maximum absolute atomic E-state index is 5.73. The Bertz CT molecular complexity index is 552. The molecule has 0 saturated heterocycles. The number of benzene rings is 1. The molecular formula is C17H23NO2S. The summed E-state index contributed by atoms with van der Waals surface area (Å²) in [5.41, 5.74) is 1.19. The second kappa shape index (κ2) is 7.48. The van der Waals surface area contributed by atoms with Crippen molar-refractivity contribution in [3.05, 3.63) is 46.2 Å². The van der Waals surface area contributed by atoms with Gasteiger partial charge in [-0.25, -0.2) is 0 Å². The quantitative estimate of drug-likeness (QED) is 0.822. The average molecular weight is 305 g/mol. The van der Waals surface area contributed by atoms with Gasteiger partial charge in [-0.15, -0.1) is 11.3 Å². The molecule has 1 unspecified atom stereocenters. The molecule has 0 aliphatic rings. The summed E-state index contributed by atoms with van der Waals surface area (Å²) in [6.45, 7) is 7.01. The molecule has 114 valence electrons. The van der Waals surface area contributed by atoms with Gasteiger partial charge in [0, 0.05) is 17.5 Å². The lowest BCUT2D eigenvalue weighted by Crippen LogP contribution is -2.17. The second-order valence-electron chi connectivity index (χ2n) is 5.27. The molecule has 1 N–H and O–H groups in total. The highest BCUT2D eigenvalue weighted by molar-refractivity contribution is 7.10. The first-order valence-corrected chi connectivity index (χ1v) is 8.08. The lowest BCUT2D eigenvalue weighted by atomic mass is 10.2. The van der Waals surface area contributed by atoms with Crippen molar-refractivity contribution >= 4 is 11.3 Å². The summed E-state index contributed by atoms with van der Waals surface area (Å²) in [4.78, 5) is 1.35. The van der Waals surface area contributed by atoms with Gasteiger partial charge in [-0.1, -0.05) is 12.1 Å². The molecule has 2 rings (SSSR count). The summed E-state index contributed by atoms with van der Waals surface area (Å²) in [6.07, 6.45) is 0.140. The average Bonchev–Trinajstić information content (AvgIpc) is 2.99. The first kappa shape index (κ1) is 15.9. The molecule has 4 heteroatoms. The SMILES string of the molecule is COc1cc(CNC(C)c2cccs2)ccc1OC(C)C. The van der Waals surface area contributed by atoms with Crippen molar-refractivity contribution in [2.75, 3.05) is 7.11 Å². The molecule has 3 nitrogen and oxygen atoms in total. The highest BCUT2D eigenvalue weighted by atomic mass is 32.1. The maximum Gasteiger partial charge on any atom is 0.161 e.